The summed E-state index contributed by atoms with van der Waals surface area (Å²) in [6.07, 6.45) is 0.685. The van der Waals surface area contributed by atoms with Gasteiger partial charge in [-0.1, -0.05) is 54.1 Å². The lowest BCUT2D eigenvalue weighted by Gasteiger charge is -2.16. The van der Waals surface area contributed by atoms with Gasteiger partial charge in [0.15, 0.2) is 11.6 Å². The molecule has 3 aromatic rings. The van der Waals surface area contributed by atoms with E-state index in [1.54, 1.807) is 24.3 Å². The van der Waals surface area contributed by atoms with E-state index in [0.29, 0.717) is 17.9 Å². The molecule has 0 aromatic heterocycles. The largest absolute Gasteiger partial charge is 0.488 e. The highest BCUT2D eigenvalue weighted by Gasteiger charge is 2.14. The summed E-state index contributed by atoms with van der Waals surface area (Å²) >= 11 is 0. The van der Waals surface area contributed by atoms with Gasteiger partial charge in [0.2, 0.25) is 5.75 Å². The number of rotatable bonds is 7. The first-order valence-electron chi connectivity index (χ1n) is 8.57. The Labute approximate surface area is 153 Å². The Morgan fingerprint density at radius 2 is 1.65 bits per heavy atom. The Balaban J connectivity index is 1.67. The van der Waals surface area contributed by atoms with Gasteiger partial charge in [-0.2, -0.15) is 0 Å². The summed E-state index contributed by atoms with van der Waals surface area (Å²) < 4.78 is 25.7. The maximum atomic E-state index is 14.3. The zero-order valence-corrected chi connectivity index (χ0v) is 14.7. The molecule has 1 atom stereocenters. The zero-order chi connectivity index (χ0) is 18.4. The smallest absolute Gasteiger partial charge is 0.204 e. The highest BCUT2D eigenvalue weighted by atomic mass is 19.1. The molecule has 3 rings (SSSR count). The van der Waals surface area contributed by atoms with Gasteiger partial charge in [-0.15, -0.1) is 0 Å². The first-order chi connectivity index (χ1) is 12.6. The molecule has 2 N–H and O–H groups in total. The predicted molar refractivity (Wildman–Crippen MR) is 101 cm³/mol. The minimum absolute atomic E-state index is 0.0725. The molecule has 26 heavy (non-hydrogen) atoms. The number of hydrogen-bond donors (Lipinski definition) is 1. The fourth-order valence-corrected chi connectivity index (χ4v) is 2.60. The topological polar surface area (TPSA) is 44.5 Å². The summed E-state index contributed by atoms with van der Waals surface area (Å²) in [5.74, 6) is 0.496. The molecule has 4 heteroatoms. The van der Waals surface area contributed by atoms with Crippen LogP contribution in [0.5, 0.6) is 17.2 Å². The first-order valence-corrected chi connectivity index (χ1v) is 8.57. The summed E-state index contributed by atoms with van der Waals surface area (Å²) in [6, 6.07) is 21.8. The molecule has 0 spiro atoms. The number of ether oxygens (including phenoxy) is 2. The SMILES string of the molecule is Cc1ccc(Oc2c(F)cccc2OC[C@H](N)Cc2ccccc2)cc1. The van der Waals surface area contributed by atoms with Crippen molar-refractivity contribution in [2.45, 2.75) is 19.4 Å². The van der Waals surface area contributed by atoms with E-state index in [0.717, 1.165) is 11.1 Å². The summed E-state index contributed by atoms with van der Waals surface area (Å²) in [4.78, 5) is 0. The van der Waals surface area contributed by atoms with E-state index < -0.39 is 5.82 Å². The van der Waals surface area contributed by atoms with Gasteiger partial charge in [-0.3, -0.25) is 0 Å². The molecule has 0 heterocycles. The van der Waals surface area contributed by atoms with Crippen LogP contribution in [-0.2, 0) is 6.42 Å². The molecule has 0 bridgehead atoms. The van der Waals surface area contributed by atoms with Gasteiger partial charge in [0.1, 0.15) is 12.4 Å². The maximum absolute atomic E-state index is 14.3. The van der Waals surface area contributed by atoms with E-state index in [1.807, 2.05) is 49.4 Å². The average Bonchev–Trinajstić information content (AvgIpc) is 2.65. The van der Waals surface area contributed by atoms with Gasteiger partial charge >= 0.3 is 0 Å². The lowest BCUT2D eigenvalue weighted by atomic mass is 10.1. The van der Waals surface area contributed by atoms with Crippen molar-refractivity contribution in [2.75, 3.05) is 6.61 Å². The molecular weight excluding hydrogens is 329 g/mol. The van der Waals surface area contributed by atoms with Crippen molar-refractivity contribution in [2.24, 2.45) is 5.73 Å². The highest BCUT2D eigenvalue weighted by molar-refractivity contribution is 5.44. The molecule has 0 unspecified atom stereocenters. The summed E-state index contributed by atoms with van der Waals surface area (Å²) in [6.45, 7) is 2.25. The number of benzene rings is 3. The molecule has 0 aliphatic carbocycles. The van der Waals surface area contributed by atoms with E-state index in [4.69, 9.17) is 15.2 Å². The summed E-state index contributed by atoms with van der Waals surface area (Å²) in [5, 5.41) is 0. The van der Waals surface area contributed by atoms with Crippen molar-refractivity contribution in [3.63, 3.8) is 0 Å². The monoisotopic (exact) mass is 351 g/mol. The molecule has 0 amide bonds. The first kappa shape index (κ1) is 18.0. The second-order valence-corrected chi connectivity index (χ2v) is 6.24. The average molecular weight is 351 g/mol. The minimum Gasteiger partial charge on any atom is -0.488 e. The van der Waals surface area contributed by atoms with Crippen molar-refractivity contribution in [3.8, 4) is 17.2 Å². The lowest BCUT2D eigenvalue weighted by molar-refractivity contribution is 0.272. The number of aryl methyl sites for hydroxylation is 1. The molecule has 3 nitrogen and oxygen atoms in total. The van der Waals surface area contributed by atoms with Gasteiger partial charge in [-0.25, -0.2) is 4.39 Å². The van der Waals surface area contributed by atoms with Crippen molar-refractivity contribution < 1.29 is 13.9 Å². The van der Waals surface area contributed by atoms with Crippen LogP contribution in [0.25, 0.3) is 0 Å². The lowest BCUT2D eigenvalue weighted by Crippen LogP contribution is -2.30. The predicted octanol–water partition coefficient (Wildman–Crippen LogP) is 4.88. The zero-order valence-electron chi connectivity index (χ0n) is 14.7. The van der Waals surface area contributed by atoms with Gasteiger partial charge in [0, 0.05) is 6.04 Å². The maximum Gasteiger partial charge on any atom is 0.204 e. The van der Waals surface area contributed by atoms with Crippen molar-refractivity contribution in [1.29, 1.82) is 0 Å². The Bertz CT molecular complexity index is 835. The molecular formula is C22H22FNO2. The van der Waals surface area contributed by atoms with Crippen LogP contribution in [0.2, 0.25) is 0 Å². The van der Waals surface area contributed by atoms with Gasteiger partial charge < -0.3 is 15.2 Å². The standard InChI is InChI=1S/C22H22FNO2/c1-16-10-12-19(13-11-16)26-22-20(23)8-5-9-21(22)25-15-18(24)14-17-6-3-2-4-7-17/h2-13,18H,14-15,24H2,1H3/t18-/m1/s1. The third-order valence-corrected chi connectivity index (χ3v) is 3.97. The molecule has 0 radical (unpaired) electrons. The normalized spacial score (nSPS) is 11.8. The van der Waals surface area contributed by atoms with Crippen LogP contribution in [0.1, 0.15) is 11.1 Å². The Hall–Kier alpha value is -2.85. The molecule has 0 aliphatic rings. The van der Waals surface area contributed by atoms with Crippen LogP contribution in [0.15, 0.2) is 72.8 Å². The molecule has 3 aromatic carbocycles. The Morgan fingerprint density at radius 1 is 0.923 bits per heavy atom. The van der Waals surface area contributed by atoms with E-state index in [1.165, 1.54) is 6.07 Å². The third-order valence-electron chi connectivity index (χ3n) is 3.97. The quantitative estimate of drug-likeness (QED) is 0.660. The van der Waals surface area contributed by atoms with Crippen LogP contribution < -0.4 is 15.2 Å². The fraction of sp³-hybridized carbons (Fsp3) is 0.182. The molecule has 0 fully saturated rings. The highest BCUT2D eigenvalue weighted by Crippen LogP contribution is 2.34. The van der Waals surface area contributed by atoms with Crippen LogP contribution in [-0.4, -0.2) is 12.6 Å². The number of halogens is 1. The fourth-order valence-electron chi connectivity index (χ4n) is 2.60. The van der Waals surface area contributed by atoms with Crippen LogP contribution in [0.3, 0.4) is 0 Å². The second kappa shape index (κ2) is 8.50. The van der Waals surface area contributed by atoms with E-state index >= 15 is 0 Å². The van der Waals surface area contributed by atoms with Crippen molar-refractivity contribution in [3.05, 3.63) is 89.7 Å². The van der Waals surface area contributed by atoms with Crippen LogP contribution >= 0.6 is 0 Å². The number of nitrogens with two attached hydrogens (primary N) is 1. The number of hydrogen-bond acceptors (Lipinski definition) is 3. The van der Waals surface area contributed by atoms with E-state index in [-0.39, 0.29) is 18.4 Å². The number of para-hydroxylation sites is 1. The van der Waals surface area contributed by atoms with Gasteiger partial charge in [-0.05, 0) is 43.2 Å². The Kier molecular flexibility index (Phi) is 5.87. The van der Waals surface area contributed by atoms with Crippen LogP contribution in [0, 0.1) is 12.7 Å². The van der Waals surface area contributed by atoms with E-state index in [2.05, 4.69) is 0 Å². The second-order valence-electron chi connectivity index (χ2n) is 6.24. The molecule has 134 valence electrons. The van der Waals surface area contributed by atoms with Crippen LogP contribution in [0.4, 0.5) is 4.39 Å². The van der Waals surface area contributed by atoms with Gasteiger partial charge in [0.25, 0.3) is 0 Å². The van der Waals surface area contributed by atoms with Crippen molar-refractivity contribution in [1.82, 2.24) is 0 Å². The third kappa shape index (κ3) is 4.83. The molecule has 0 aliphatic heterocycles. The minimum atomic E-state index is -0.472. The summed E-state index contributed by atoms with van der Waals surface area (Å²) in [7, 11) is 0. The molecule has 0 saturated carbocycles. The van der Waals surface area contributed by atoms with Gasteiger partial charge in [0.05, 0.1) is 0 Å². The van der Waals surface area contributed by atoms with E-state index in [9.17, 15) is 4.39 Å². The summed E-state index contributed by atoms with van der Waals surface area (Å²) in [5.41, 5.74) is 8.40. The Morgan fingerprint density at radius 3 is 2.38 bits per heavy atom. The molecule has 0 saturated heterocycles. The van der Waals surface area contributed by atoms with Crippen molar-refractivity contribution >= 4 is 0 Å².